The summed E-state index contributed by atoms with van der Waals surface area (Å²) in [7, 11) is 0. The van der Waals surface area contributed by atoms with Gasteiger partial charge in [0, 0.05) is 18.8 Å². The van der Waals surface area contributed by atoms with Crippen molar-refractivity contribution in [3.63, 3.8) is 0 Å². The summed E-state index contributed by atoms with van der Waals surface area (Å²) < 4.78 is 34.2. The average molecular weight is 1340 g/mol. The Morgan fingerprint density at radius 2 is 1.32 bits per heavy atom. The zero-order chi connectivity index (χ0) is 68.8. The number of nitrogens with two attached hydrogens (primary N) is 3. The van der Waals surface area contributed by atoms with Gasteiger partial charge in [0.2, 0.25) is 29.9 Å². The number of rotatable bonds is 31. The van der Waals surface area contributed by atoms with E-state index in [1.165, 1.54) is 24.3 Å². The molecule has 7 rings (SSSR count). The first-order chi connectivity index (χ1) is 44.8. The lowest BCUT2D eigenvalue weighted by molar-refractivity contribution is -0.353. The number of aliphatic imine (C=N–C) groups is 2. The number of aliphatic hydroxyl groups is 13. The highest BCUT2D eigenvalue weighted by Crippen LogP contribution is 2.33. The van der Waals surface area contributed by atoms with Gasteiger partial charge in [0.1, 0.15) is 116 Å². The van der Waals surface area contributed by atoms with Gasteiger partial charge >= 0.3 is 5.97 Å². The summed E-state index contributed by atoms with van der Waals surface area (Å²) in [4.78, 5) is 91.8. The second-order valence-electron chi connectivity index (χ2n) is 23.4. The standard InChI is InChI=1S/C58H87N11O25/c1-3-4-6-11-35(75)93-49-42(79)33(22-73)91-56(47(49)84)94-48-34(23-74)92-55(46(83)44(48)81)89-28-14-12-25(13-15-28)16-29(65-51(86)36(59)24(2)26-9-7-5-8-10-26)50(85)67-37(39(76)30-17-62-57(60)66-30)53(88)68-38(52(87)64-27(19-70)20-71)40(77)31-18-63-58(61)69(31)54-45(82)43(80)41(78)32(21-72)90-54/h5,7-10,12-15,19,24,27,29-34,36-49,54-56,71-74,76-84H,3-4,6,11,16-18,20-23,59H2,1-2H3,(H2,61,63)(H,64,87)(H,65,86)(H,67,85)(H,68,88)(H3,60,62,66). The molecular weight excluding hydrogens is 1250 g/mol. The molecule has 2 aromatic rings. The first kappa shape index (κ1) is 74.5. The highest BCUT2D eigenvalue weighted by atomic mass is 16.7. The molecule has 0 spiro atoms. The van der Waals surface area contributed by atoms with Crippen molar-refractivity contribution < 1.29 is 124 Å². The van der Waals surface area contributed by atoms with Crippen LogP contribution in [-0.4, -0.2) is 305 Å². The van der Waals surface area contributed by atoms with Crippen LogP contribution in [0.1, 0.15) is 56.6 Å². The van der Waals surface area contributed by atoms with Crippen LogP contribution >= 0.6 is 0 Å². The summed E-state index contributed by atoms with van der Waals surface area (Å²) >= 11 is 0. The van der Waals surface area contributed by atoms with Crippen molar-refractivity contribution in [3.05, 3.63) is 65.7 Å². The third-order valence-electron chi connectivity index (χ3n) is 16.9. The summed E-state index contributed by atoms with van der Waals surface area (Å²) in [6.07, 6.45) is -29.2. The molecular formula is C58H87N11O25. The Hall–Kier alpha value is -6.92. The van der Waals surface area contributed by atoms with Crippen LogP contribution in [0.25, 0.3) is 0 Å². The lowest BCUT2D eigenvalue weighted by atomic mass is 9.93. The Kier molecular flexibility index (Phi) is 27.1. The van der Waals surface area contributed by atoms with E-state index in [9.17, 15) is 95.2 Å². The molecule has 5 aliphatic heterocycles. The Labute approximate surface area is 538 Å². The monoisotopic (exact) mass is 1340 g/mol. The zero-order valence-electron chi connectivity index (χ0n) is 51.3. The summed E-state index contributed by atoms with van der Waals surface area (Å²) in [6, 6.07) is 2.09. The number of hydrogen-bond donors (Lipinski definition) is 21. The first-order valence-corrected chi connectivity index (χ1v) is 30.6. The minimum atomic E-state index is -2.26. The maximum absolute atomic E-state index is 14.9. The maximum atomic E-state index is 14.9. The second-order valence-corrected chi connectivity index (χ2v) is 23.4. The number of hydrogen-bond acceptors (Lipinski definition) is 32. The normalized spacial score (nSPS) is 31.9. The molecule has 3 saturated heterocycles. The summed E-state index contributed by atoms with van der Waals surface area (Å²) in [5, 5.41) is 154. The smallest absolute Gasteiger partial charge is 0.306 e. The topological polar surface area (TPSA) is 587 Å². The van der Waals surface area contributed by atoms with E-state index in [1.807, 2.05) is 6.92 Å². The van der Waals surface area contributed by atoms with E-state index in [1.54, 1.807) is 37.3 Å². The third-order valence-corrected chi connectivity index (χ3v) is 16.9. The zero-order valence-corrected chi connectivity index (χ0v) is 51.3. The van der Waals surface area contributed by atoms with Crippen molar-refractivity contribution in [1.29, 1.82) is 0 Å². The van der Waals surface area contributed by atoms with E-state index in [-0.39, 0.29) is 36.5 Å². The van der Waals surface area contributed by atoms with E-state index in [2.05, 4.69) is 36.6 Å². The molecule has 4 amide bonds. The summed E-state index contributed by atoms with van der Waals surface area (Å²) in [5.74, 6) is -6.98. The van der Waals surface area contributed by atoms with Crippen LogP contribution in [0.5, 0.6) is 5.75 Å². The van der Waals surface area contributed by atoms with Crippen LogP contribution in [0.4, 0.5) is 0 Å². The highest BCUT2D eigenvalue weighted by Gasteiger charge is 2.55. The predicted molar refractivity (Wildman–Crippen MR) is 320 cm³/mol. The Balaban J connectivity index is 1.13. The van der Waals surface area contributed by atoms with Gasteiger partial charge in [0.05, 0.1) is 57.6 Å². The number of benzene rings is 2. The predicted octanol–water partition coefficient (Wildman–Crippen LogP) is -10.6. The third kappa shape index (κ3) is 17.8. The number of nitrogens with one attached hydrogen (secondary N) is 5. The van der Waals surface area contributed by atoms with Crippen molar-refractivity contribution >= 4 is 47.8 Å². The van der Waals surface area contributed by atoms with Gasteiger partial charge in [0.15, 0.2) is 30.5 Å². The highest BCUT2D eigenvalue weighted by molar-refractivity contribution is 5.96. The SMILES string of the molecule is CCCCCC(=O)OC1C(O)C(CO)OC(OC2C(CO)OC(Oc3ccc(CC(NC(=O)C(N)C(C)c4ccccc4)C(=O)NC(C(=O)NC(C(=O)NC(C=O)CO)C(O)C4CN=C(N)N4C4OC(CO)C(O)C(O)C4O)C(O)C4CN=C(N)N4)cc3)C(O)C2O)C1O. The Morgan fingerprint density at radius 1 is 0.691 bits per heavy atom. The van der Waals surface area contributed by atoms with E-state index >= 15 is 0 Å². The van der Waals surface area contributed by atoms with Gasteiger partial charge in [0.25, 0.3) is 0 Å². The fourth-order valence-electron chi connectivity index (χ4n) is 11.3. The number of guanidine groups is 2. The molecule has 2 aromatic carbocycles. The molecule has 0 aromatic heterocycles. The molecule has 5 aliphatic rings. The number of esters is 1. The molecule has 524 valence electrons. The lowest BCUT2D eigenvalue weighted by Crippen LogP contribution is -2.70. The van der Waals surface area contributed by atoms with Gasteiger partial charge in [-0.05, 0) is 29.7 Å². The molecule has 0 saturated carbocycles. The molecule has 5 heterocycles. The van der Waals surface area contributed by atoms with Gasteiger partial charge in [-0.1, -0.05) is 69.2 Å². The largest absolute Gasteiger partial charge is 0.462 e. The van der Waals surface area contributed by atoms with Gasteiger partial charge in [-0.2, -0.15) is 0 Å². The first-order valence-electron chi connectivity index (χ1n) is 30.6. The van der Waals surface area contributed by atoms with Crippen LogP contribution < -0.4 is 48.5 Å². The minimum absolute atomic E-state index is 0.0422. The molecule has 24 N–H and O–H groups in total. The van der Waals surface area contributed by atoms with Gasteiger partial charge in [-0.25, -0.2) is 0 Å². The molecule has 0 aliphatic carbocycles. The minimum Gasteiger partial charge on any atom is -0.462 e. The van der Waals surface area contributed by atoms with E-state index in [4.69, 9.17) is 45.6 Å². The summed E-state index contributed by atoms with van der Waals surface area (Å²) in [6.45, 7) is -0.817. The van der Waals surface area contributed by atoms with E-state index < -0.39 is 227 Å². The molecule has 0 radical (unpaired) electrons. The number of aldehydes is 1. The Morgan fingerprint density at radius 3 is 1.94 bits per heavy atom. The number of ether oxygens (including phenoxy) is 6. The molecule has 25 unspecified atom stereocenters. The fraction of sp³-hybridized carbons (Fsp3) is 0.655. The maximum Gasteiger partial charge on any atom is 0.306 e. The van der Waals surface area contributed by atoms with Gasteiger partial charge in [-0.3, -0.25) is 34.0 Å². The van der Waals surface area contributed by atoms with Crippen LogP contribution in [0.3, 0.4) is 0 Å². The lowest BCUT2D eigenvalue weighted by Gasteiger charge is -2.46. The molecule has 36 nitrogen and oxygen atoms in total. The van der Waals surface area contributed by atoms with Crippen molar-refractivity contribution in [2.24, 2.45) is 27.2 Å². The van der Waals surface area contributed by atoms with Gasteiger partial charge < -0.3 is 148 Å². The van der Waals surface area contributed by atoms with Crippen molar-refractivity contribution in [1.82, 2.24) is 31.5 Å². The van der Waals surface area contributed by atoms with E-state index in [0.717, 1.165) is 11.3 Å². The van der Waals surface area contributed by atoms with Crippen molar-refractivity contribution in [3.8, 4) is 5.75 Å². The van der Waals surface area contributed by atoms with E-state index in [0.29, 0.717) is 18.4 Å². The number of aliphatic hydroxyl groups excluding tert-OH is 13. The number of unbranched alkanes of at least 4 members (excludes halogenated alkanes) is 2. The number of carbonyl (C=O) groups excluding carboxylic acids is 6. The quantitative estimate of drug-likeness (QED) is 0.0189. The molecule has 3 fully saturated rings. The van der Waals surface area contributed by atoms with Crippen molar-refractivity contribution in [2.75, 3.05) is 39.5 Å². The fourth-order valence-corrected chi connectivity index (χ4v) is 11.3. The molecule has 25 atom stereocenters. The number of carbonyl (C=O) groups is 6. The summed E-state index contributed by atoms with van der Waals surface area (Å²) in [5.41, 5.74) is 19.5. The number of amides is 4. The van der Waals surface area contributed by atoms with Gasteiger partial charge in [-0.15, -0.1) is 0 Å². The molecule has 36 heteroatoms. The van der Waals surface area contributed by atoms with Crippen LogP contribution in [0.15, 0.2) is 64.6 Å². The van der Waals surface area contributed by atoms with Crippen LogP contribution in [0, 0.1) is 0 Å². The molecule has 0 bridgehead atoms. The second kappa shape index (κ2) is 34.1. The number of nitrogens with zero attached hydrogens (tertiary/aromatic N) is 3. The van der Waals surface area contributed by atoms with Crippen LogP contribution in [0.2, 0.25) is 0 Å². The van der Waals surface area contributed by atoms with Crippen molar-refractivity contribution in [2.45, 2.75) is 198 Å². The average Bonchev–Trinajstić information content (AvgIpc) is 1.40. The van der Waals surface area contributed by atoms with Crippen LogP contribution in [-0.2, 0) is 58.9 Å². The Bertz CT molecular complexity index is 2890. The molecule has 94 heavy (non-hydrogen) atoms.